The van der Waals surface area contributed by atoms with Gasteiger partial charge in [-0.2, -0.15) is 0 Å². The number of pyridine rings is 1. The molecule has 2 atom stereocenters. The lowest BCUT2D eigenvalue weighted by Crippen LogP contribution is -2.27. The van der Waals surface area contributed by atoms with E-state index in [0.29, 0.717) is 0 Å². The number of hydrogen-bond acceptors (Lipinski definition) is 7. The molecule has 0 aliphatic heterocycles. The zero-order valence-electron chi connectivity index (χ0n) is 14.0. The molecule has 0 bridgehead atoms. The van der Waals surface area contributed by atoms with Crippen LogP contribution in [-0.4, -0.2) is 36.2 Å². The van der Waals surface area contributed by atoms with E-state index >= 15 is 0 Å². The van der Waals surface area contributed by atoms with Crippen molar-refractivity contribution in [1.82, 2.24) is 25.0 Å². The highest BCUT2D eigenvalue weighted by atomic mass is 32.1. The number of nitrogens with one attached hydrogen (secondary N) is 1. The monoisotopic (exact) mass is 356 g/mol. The van der Waals surface area contributed by atoms with Crippen molar-refractivity contribution in [2.24, 2.45) is 0 Å². The number of aliphatic hydroxyl groups excluding tert-OH is 1. The first-order chi connectivity index (χ1) is 12.2. The molecule has 130 valence electrons. The van der Waals surface area contributed by atoms with Crippen LogP contribution in [0.2, 0.25) is 0 Å². The van der Waals surface area contributed by atoms with E-state index in [0.717, 1.165) is 52.9 Å². The summed E-state index contributed by atoms with van der Waals surface area (Å²) in [6.07, 6.45) is 7.25. The van der Waals surface area contributed by atoms with Crippen LogP contribution in [0.15, 0.2) is 30.6 Å². The molecular formula is C17H20N6OS. The van der Waals surface area contributed by atoms with Gasteiger partial charge in [0, 0.05) is 11.1 Å². The lowest BCUT2D eigenvalue weighted by atomic mass is 9.93. The summed E-state index contributed by atoms with van der Waals surface area (Å²) >= 11 is 1.56. The zero-order valence-corrected chi connectivity index (χ0v) is 14.8. The van der Waals surface area contributed by atoms with Crippen LogP contribution >= 0.6 is 11.3 Å². The summed E-state index contributed by atoms with van der Waals surface area (Å²) in [6.45, 7) is 2.02. The maximum absolute atomic E-state index is 10.2. The summed E-state index contributed by atoms with van der Waals surface area (Å²) in [5, 5.41) is 22.7. The third-order valence-electron chi connectivity index (χ3n) is 4.48. The molecule has 3 heterocycles. The summed E-state index contributed by atoms with van der Waals surface area (Å²) in [5.74, 6) is 0.761. The van der Waals surface area contributed by atoms with Crippen molar-refractivity contribution >= 4 is 22.3 Å². The number of hydrogen-bond donors (Lipinski definition) is 2. The normalized spacial score (nSPS) is 20.6. The van der Waals surface area contributed by atoms with Gasteiger partial charge in [0.25, 0.3) is 0 Å². The van der Waals surface area contributed by atoms with Crippen LogP contribution in [0.3, 0.4) is 0 Å². The predicted octanol–water partition coefficient (Wildman–Crippen LogP) is 3.32. The fraction of sp³-hybridized carbons (Fsp3) is 0.412. The Balaban J connectivity index is 1.56. The van der Waals surface area contributed by atoms with E-state index < -0.39 is 0 Å². The predicted molar refractivity (Wildman–Crippen MR) is 96.9 cm³/mol. The summed E-state index contributed by atoms with van der Waals surface area (Å²) in [7, 11) is 0. The quantitative estimate of drug-likeness (QED) is 0.745. The smallest absolute Gasteiger partial charge is 0.189 e. The van der Waals surface area contributed by atoms with E-state index in [9.17, 15) is 5.11 Å². The Hall–Kier alpha value is -2.32. The summed E-state index contributed by atoms with van der Waals surface area (Å²) in [4.78, 5) is 9.96. The van der Waals surface area contributed by atoms with Gasteiger partial charge in [-0.05, 0) is 31.9 Å². The second kappa shape index (κ2) is 6.89. The van der Waals surface area contributed by atoms with Crippen molar-refractivity contribution in [3.63, 3.8) is 0 Å². The van der Waals surface area contributed by atoms with Gasteiger partial charge in [-0.15, -0.1) is 16.4 Å². The van der Waals surface area contributed by atoms with Gasteiger partial charge in [-0.25, -0.2) is 14.6 Å². The first-order valence-electron chi connectivity index (χ1n) is 8.46. The van der Waals surface area contributed by atoms with Crippen molar-refractivity contribution in [2.45, 2.75) is 44.8 Å². The third kappa shape index (κ3) is 3.40. The molecule has 2 N–H and O–H groups in total. The van der Waals surface area contributed by atoms with Crippen LogP contribution in [0.1, 0.15) is 36.6 Å². The van der Waals surface area contributed by atoms with Crippen molar-refractivity contribution in [1.29, 1.82) is 0 Å². The average molecular weight is 356 g/mol. The molecule has 0 radical (unpaired) electrons. The Labute approximate surface area is 149 Å². The van der Waals surface area contributed by atoms with Gasteiger partial charge < -0.3 is 10.4 Å². The topological polar surface area (TPSA) is 88.8 Å². The van der Waals surface area contributed by atoms with Crippen LogP contribution in [0.5, 0.6) is 0 Å². The standard InChI is InChI=1S/C17H20N6OS/c1-11-16(20-17(25-11)19-15-8-4-5-9-18-15)12-10-23(22-21-12)13-6-2-3-7-14(13)24/h4-5,8-10,13-14,24H,2-3,6-7H2,1H3,(H,18,19,20)/t13-,14-/m1/s1. The minimum atomic E-state index is -0.346. The average Bonchev–Trinajstić information content (AvgIpc) is 3.23. The highest BCUT2D eigenvalue weighted by Gasteiger charge is 2.26. The first-order valence-corrected chi connectivity index (χ1v) is 9.28. The highest BCUT2D eigenvalue weighted by molar-refractivity contribution is 7.16. The summed E-state index contributed by atoms with van der Waals surface area (Å²) in [5.41, 5.74) is 1.56. The van der Waals surface area contributed by atoms with Crippen LogP contribution in [0.25, 0.3) is 11.4 Å². The lowest BCUT2D eigenvalue weighted by Gasteiger charge is -2.27. The molecule has 0 unspecified atom stereocenters. The number of thiazole rings is 1. The Bertz CT molecular complexity index is 846. The number of aromatic nitrogens is 5. The Morgan fingerprint density at radius 2 is 2.16 bits per heavy atom. The fourth-order valence-corrected chi connectivity index (χ4v) is 4.01. The van der Waals surface area contributed by atoms with Gasteiger partial charge >= 0.3 is 0 Å². The van der Waals surface area contributed by atoms with Gasteiger partial charge in [-0.1, -0.05) is 24.1 Å². The van der Waals surface area contributed by atoms with E-state index in [1.807, 2.05) is 31.3 Å². The molecule has 0 amide bonds. The van der Waals surface area contributed by atoms with Crippen LogP contribution < -0.4 is 5.32 Å². The largest absolute Gasteiger partial charge is 0.391 e. The Kier molecular flexibility index (Phi) is 4.46. The molecule has 1 saturated carbocycles. The molecule has 3 aromatic heterocycles. The number of anilines is 2. The molecule has 1 aliphatic carbocycles. The number of aliphatic hydroxyl groups is 1. The molecule has 0 spiro atoms. The minimum Gasteiger partial charge on any atom is -0.391 e. The number of rotatable bonds is 4. The SMILES string of the molecule is Cc1sc(Nc2ccccn2)nc1-c1cn([C@@H]2CCCC[C@H]2O)nn1. The second-order valence-corrected chi connectivity index (χ2v) is 7.47. The number of aryl methyl sites for hydroxylation is 1. The minimum absolute atomic E-state index is 0.0139. The molecule has 25 heavy (non-hydrogen) atoms. The van der Waals surface area contributed by atoms with E-state index in [1.165, 1.54) is 0 Å². The van der Waals surface area contributed by atoms with Crippen molar-refractivity contribution < 1.29 is 5.11 Å². The fourth-order valence-electron chi connectivity index (χ4n) is 3.18. The molecule has 3 aromatic rings. The van der Waals surface area contributed by atoms with Crippen molar-refractivity contribution in [3.8, 4) is 11.4 Å². The second-order valence-electron chi connectivity index (χ2n) is 6.27. The molecule has 1 aliphatic rings. The lowest BCUT2D eigenvalue weighted by molar-refractivity contribution is 0.0685. The molecule has 0 saturated heterocycles. The molecule has 7 nitrogen and oxygen atoms in total. The van der Waals surface area contributed by atoms with E-state index in [-0.39, 0.29) is 12.1 Å². The summed E-state index contributed by atoms with van der Waals surface area (Å²) < 4.78 is 1.80. The van der Waals surface area contributed by atoms with Gasteiger partial charge in [0.2, 0.25) is 0 Å². The maximum Gasteiger partial charge on any atom is 0.189 e. The first kappa shape index (κ1) is 16.2. The number of nitrogens with zero attached hydrogens (tertiary/aromatic N) is 5. The van der Waals surface area contributed by atoms with E-state index in [1.54, 1.807) is 22.2 Å². The highest BCUT2D eigenvalue weighted by Crippen LogP contribution is 2.32. The van der Waals surface area contributed by atoms with E-state index in [2.05, 4.69) is 25.6 Å². The maximum atomic E-state index is 10.2. The Morgan fingerprint density at radius 1 is 1.28 bits per heavy atom. The summed E-state index contributed by atoms with van der Waals surface area (Å²) in [6, 6.07) is 5.72. The molecule has 1 fully saturated rings. The third-order valence-corrected chi connectivity index (χ3v) is 5.37. The van der Waals surface area contributed by atoms with E-state index in [4.69, 9.17) is 0 Å². The van der Waals surface area contributed by atoms with Gasteiger partial charge in [-0.3, -0.25) is 0 Å². The van der Waals surface area contributed by atoms with Gasteiger partial charge in [0.1, 0.15) is 17.2 Å². The Morgan fingerprint density at radius 3 is 2.96 bits per heavy atom. The van der Waals surface area contributed by atoms with Crippen LogP contribution in [0.4, 0.5) is 10.9 Å². The molecule has 4 rings (SSSR count). The van der Waals surface area contributed by atoms with Gasteiger partial charge in [0.15, 0.2) is 5.13 Å². The molecular weight excluding hydrogens is 336 g/mol. The van der Waals surface area contributed by atoms with Gasteiger partial charge in [0.05, 0.1) is 18.3 Å². The van der Waals surface area contributed by atoms with Crippen LogP contribution in [-0.2, 0) is 0 Å². The van der Waals surface area contributed by atoms with Crippen LogP contribution in [0, 0.1) is 6.92 Å². The zero-order chi connectivity index (χ0) is 17.2. The van der Waals surface area contributed by atoms with Crippen molar-refractivity contribution in [2.75, 3.05) is 5.32 Å². The van der Waals surface area contributed by atoms with Crippen molar-refractivity contribution in [3.05, 3.63) is 35.5 Å². The molecule has 8 heteroatoms. The molecule has 0 aromatic carbocycles.